The van der Waals surface area contributed by atoms with Gasteiger partial charge in [-0.3, -0.25) is 9.69 Å². The molecule has 0 saturated carbocycles. The van der Waals surface area contributed by atoms with Crippen LogP contribution in [0.15, 0.2) is 54.6 Å². The number of anilines is 1. The highest BCUT2D eigenvalue weighted by atomic mass is 16.6. The summed E-state index contributed by atoms with van der Waals surface area (Å²) < 4.78 is 5.12. The van der Waals surface area contributed by atoms with Gasteiger partial charge in [-0.25, -0.2) is 4.79 Å². The molecule has 0 aliphatic carbocycles. The van der Waals surface area contributed by atoms with Crippen molar-refractivity contribution in [3.63, 3.8) is 0 Å². The van der Waals surface area contributed by atoms with Crippen molar-refractivity contribution in [2.24, 2.45) is 0 Å². The summed E-state index contributed by atoms with van der Waals surface area (Å²) in [5, 5.41) is 3.08. The minimum atomic E-state index is -0.191. The van der Waals surface area contributed by atoms with E-state index in [1.807, 2.05) is 61.2 Å². The van der Waals surface area contributed by atoms with Crippen LogP contribution in [-0.2, 0) is 4.74 Å². The van der Waals surface area contributed by atoms with Crippen molar-refractivity contribution < 1.29 is 14.3 Å². The SMILES string of the molecule is CCOC(=O)N1CCN(C2CCN(c3ccc(C(=O)NC(C)c4ccccc4)cc3)CC2)CC1. The number of ether oxygens (including phenoxy) is 1. The molecular formula is C27H36N4O3. The number of piperidine rings is 1. The molecule has 0 aromatic heterocycles. The van der Waals surface area contributed by atoms with Gasteiger partial charge in [0, 0.05) is 56.6 Å². The van der Waals surface area contributed by atoms with Crippen molar-refractivity contribution in [1.82, 2.24) is 15.1 Å². The van der Waals surface area contributed by atoms with Gasteiger partial charge in [0.25, 0.3) is 5.91 Å². The highest BCUT2D eigenvalue weighted by Crippen LogP contribution is 2.24. The molecule has 4 rings (SSSR count). The number of nitrogens with one attached hydrogen (secondary N) is 1. The molecule has 182 valence electrons. The van der Waals surface area contributed by atoms with E-state index < -0.39 is 0 Å². The van der Waals surface area contributed by atoms with Crippen molar-refractivity contribution >= 4 is 17.7 Å². The minimum Gasteiger partial charge on any atom is -0.450 e. The molecule has 2 heterocycles. The number of hydrogen-bond acceptors (Lipinski definition) is 5. The molecular weight excluding hydrogens is 428 g/mol. The Bertz CT molecular complexity index is 934. The van der Waals surface area contributed by atoms with Gasteiger partial charge in [-0.15, -0.1) is 0 Å². The molecule has 1 atom stereocenters. The Labute approximate surface area is 202 Å². The predicted molar refractivity (Wildman–Crippen MR) is 134 cm³/mol. The molecule has 2 aliphatic heterocycles. The average Bonchev–Trinajstić information content (AvgIpc) is 2.89. The number of rotatable bonds is 6. The van der Waals surface area contributed by atoms with Crippen LogP contribution in [0, 0.1) is 0 Å². The van der Waals surface area contributed by atoms with Crippen LogP contribution in [0.4, 0.5) is 10.5 Å². The number of carbonyl (C=O) groups excluding carboxylic acids is 2. The summed E-state index contributed by atoms with van der Waals surface area (Å²) in [7, 11) is 0. The lowest BCUT2D eigenvalue weighted by Crippen LogP contribution is -2.54. The Balaban J connectivity index is 1.24. The second-order valence-corrected chi connectivity index (χ2v) is 9.09. The van der Waals surface area contributed by atoms with E-state index in [-0.39, 0.29) is 18.0 Å². The van der Waals surface area contributed by atoms with E-state index >= 15 is 0 Å². The Morgan fingerprint density at radius 1 is 0.941 bits per heavy atom. The zero-order valence-electron chi connectivity index (χ0n) is 20.3. The first-order chi connectivity index (χ1) is 16.5. The zero-order chi connectivity index (χ0) is 23.9. The first-order valence-electron chi connectivity index (χ1n) is 12.4. The highest BCUT2D eigenvalue weighted by molar-refractivity contribution is 5.94. The number of hydrogen-bond donors (Lipinski definition) is 1. The lowest BCUT2D eigenvalue weighted by Gasteiger charge is -2.43. The Morgan fingerprint density at radius 3 is 2.21 bits per heavy atom. The van der Waals surface area contributed by atoms with Crippen LogP contribution in [0.1, 0.15) is 48.7 Å². The standard InChI is InChI=1S/C27H36N4O3/c1-3-34-27(33)31-19-17-30(18-20-31)25-13-15-29(16-14-25)24-11-9-23(10-12-24)26(32)28-21(2)22-7-5-4-6-8-22/h4-12,21,25H,3,13-20H2,1-2H3,(H,28,32). The third-order valence-electron chi connectivity index (χ3n) is 6.96. The summed E-state index contributed by atoms with van der Waals surface area (Å²) >= 11 is 0. The number of nitrogens with zero attached hydrogens (tertiary/aromatic N) is 3. The molecule has 34 heavy (non-hydrogen) atoms. The van der Waals surface area contributed by atoms with Crippen molar-refractivity contribution in [3.8, 4) is 0 Å². The van der Waals surface area contributed by atoms with E-state index in [1.165, 1.54) is 5.69 Å². The molecule has 7 nitrogen and oxygen atoms in total. The average molecular weight is 465 g/mol. The fourth-order valence-corrected chi connectivity index (χ4v) is 4.90. The van der Waals surface area contributed by atoms with Gasteiger partial charge in [0.05, 0.1) is 12.6 Å². The molecule has 7 heteroatoms. The van der Waals surface area contributed by atoms with Crippen molar-refractivity contribution in [2.75, 3.05) is 50.8 Å². The van der Waals surface area contributed by atoms with Gasteiger partial charge in [0.2, 0.25) is 0 Å². The number of piperazine rings is 1. The van der Waals surface area contributed by atoms with Gasteiger partial charge in [0.1, 0.15) is 0 Å². The molecule has 2 saturated heterocycles. The van der Waals surface area contributed by atoms with Crippen LogP contribution in [0.2, 0.25) is 0 Å². The topological polar surface area (TPSA) is 65.1 Å². The quantitative estimate of drug-likeness (QED) is 0.702. The second kappa shape index (κ2) is 11.4. The van der Waals surface area contributed by atoms with E-state index in [4.69, 9.17) is 4.74 Å². The minimum absolute atomic E-state index is 0.0356. The summed E-state index contributed by atoms with van der Waals surface area (Å²) in [6.07, 6.45) is 2.02. The highest BCUT2D eigenvalue weighted by Gasteiger charge is 2.29. The van der Waals surface area contributed by atoms with Gasteiger partial charge in [0.15, 0.2) is 0 Å². The van der Waals surface area contributed by atoms with Crippen LogP contribution in [0.25, 0.3) is 0 Å². The Morgan fingerprint density at radius 2 is 1.59 bits per heavy atom. The van der Waals surface area contributed by atoms with Crippen molar-refractivity contribution in [3.05, 3.63) is 65.7 Å². The molecule has 0 radical (unpaired) electrons. The molecule has 1 unspecified atom stereocenters. The third-order valence-corrected chi connectivity index (χ3v) is 6.96. The lowest BCUT2D eigenvalue weighted by molar-refractivity contribution is 0.0611. The first-order valence-corrected chi connectivity index (χ1v) is 12.4. The van der Waals surface area contributed by atoms with E-state index in [0.717, 1.165) is 57.7 Å². The fourth-order valence-electron chi connectivity index (χ4n) is 4.90. The van der Waals surface area contributed by atoms with Gasteiger partial charge < -0.3 is 19.9 Å². The summed E-state index contributed by atoms with van der Waals surface area (Å²) in [5.74, 6) is -0.0522. The first kappa shape index (κ1) is 24.1. The van der Waals surface area contributed by atoms with Crippen LogP contribution < -0.4 is 10.2 Å². The summed E-state index contributed by atoms with van der Waals surface area (Å²) in [4.78, 5) is 31.3. The fraction of sp³-hybridized carbons (Fsp3) is 0.481. The van der Waals surface area contributed by atoms with Crippen molar-refractivity contribution in [1.29, 1.82) is 0 Å². The smallest absolute Gasteiger partial charge is 0.409 e. The maximum absolute atomic E-state index is 12.7. The normalized spacial score (nSPS) is 18.4. The number of carbonyl (C=O) groups is 2. The molecule has 2 amide bonds. The zero-order valence-corrected chi connectivity index (χ0v) is 20.3. The van der Waals surface area contributed by atoms with Crippen molar-refractivity contribution in [2.45, 2.75) is 38.8 Å². The summed E-state index contributed by atoms with van der Waals surface area (Å²) in [6.45, 7) is 9.58. The third kappa shape index (κ3) is 5.89. The Hall–Kier alpha value is -3.06. The predicted octanol–water partition coefficient (Wildman–Crippen LogP) is 3.92. The van der Waals surface area contributed by atoms with E-state index in [0.29, 0.717) is 18.2 Å². The largest absolute Gasteiger partial charge is 0.450 e. The van der Waals surface area contributed by atoms with Crippen LogP contribution in [-0.4, -0.2) is 73.7 Å². The maximum Gasteiger partial charge on any atom is 0.409 e. The van der Waals surface area contributed by atoms with E-state index in [2.05, 4.69) is 27.2 Å². The number of amides is 2. The van der Waals surface area contributed by atoms with Crippen LogP contribution in [0.5, 0.6) is 0 Å². The molecule has 2 aromatic rings. The summed E-state index contributed by atoms with van der Waals surface area (Å²) in [5.41, 5.74) is 2.94. The molecule has 0 bridgehead atoms. The van der Waals surface area contributed by atoms with Gasteiger partial charge >= 0.3 is 6.09 Å². The van der Waals surface area contributed by atoms with Crippen LogP contribution in [0.3, 0.4) is 0 Å². The molecule has 2 fully saturated rings. The monoisotopic (exact) mass is 464 g/mol. The molecule has 0 spiro atoms. The lowest BCUT2D eigenvalue weighted by atomic mass is 10.0. The summed E-state index contributed by atoms with van der Waals surface area (Å²) in [6, 6.07) is 18.5. The van der Waals surface area contributed by atoms with Gasteiger partial charge in [-0.2, -0.15) is 0 Å². The molecule has 2 aromatic carbocycles. The Kier molecular flexibility index (Phi) is 8.06. The molecule has 1 N–H and O–H groups in total. The van der Waals surface area contributed by atoms with Crippen LogP contribution >= 0.6 is 0 Å². The van der Waals surface area contributed by atoms with Gasteiger partial charge in [-0.05, 0) is 56.5 Å². The number of benzene rings is 2. The molecule has 2 aliphatic rings. The van der Waals surface area contributed by atoms with Gasteiger partial charge in [-0.1, -0.05) is 30.3 Å². The van der Waals surface area contributed by atoms with E-state index in [1.54, 1.807) is 0 Å². The maximum atomic E-state index is 12.7. The van der Waals surface area contributed by atoms with E-state index in [9.17, 15) is 9.59 Å². The second-order valence-electron chi connectivity index (χ2n) is 9.09.